The summed E-state index contributed by atoms with van der Waals surface area (Å²) in [5.41, 5.74) is 0.746. The highest BCUT2D eigenvalue weighted by Gasteiger charge is 2.32. The van der Waals surface area contributed by atoms with Gasteiger partial charge in [-0.2, -0.15) is 0 Å². The molecule has 2 aliphatic carbocycles. The van der Waals surface area contributed by atoms with E-state index in [1.807, 2.05) is 6.07 Å². The Morgan fingerprint density at radius 1 is 1.11 bits per heavy atom. The summed E-state index contributed by atoms with van der Waals surface area (Å²) in [5, 5.41) is 0.0657. The Labute approximate surface area is 175 Å². The lowest BCUT2D eigenvalue weighted by atomic mass is 9.68. The first-order valence-electron chi connectivity index (χ1n) is 11.1. The SMILES string of the molecule is C#C[C@@H](C)Oc1ccc(C2CCC(C3CCC(CCC)CC3)CC2)c(F)c1Cl. The van der Waals surface area contributed by atoms with Gasteiger partial charge >= 0.3 is 0 Å². The third kappa shape index (κ3) is 5.04. The molecular weight excluding hydrogens is 371 g/mol. The van der Waals surface area contributed by atoms with Crippen molar-refractivity contribution in [1.82, 2.24) is 0 Å². The molecule has 1 aromatic rings. The molecule has 1 nitrogen and oxygen atoms in total. The van der Waals surface area contributed by atoms with Crippen LogP contribution >= 0.6 is 11.6 Å². The highest BCUT2D eigenvalue weighted by molar-refractivity contribution is 6.32. The Kier molecular flexibility index (Phi) is 7.69. The zero-order chi connectivity index (χ0) is 20.1. The Morgan fingerprint density at radius 2 is 1.71 bits per heavy atom. The summed E-state index contributed by atoms with van der Waals surface area (Å²) in [6.45, 7) is 4.05. The molecule has 0 radical (unpaired) electrons. The second kappa shape index (κ2) is 10.0. The second-order valence-corrected chi connectivity index (χ2v) is 9.27. The van der Waals surface area contributed by atoms with Crippen molar-refractivity contribution in [2.45, 2.75) is 90.1 Å². The van der Waals surface area contributed by atoms with Crippen molar-refractivity contribution in [1.29, 1.82) is 0 Å². The summed E-state index contributed by atoms with van der Waals surface area (Å²) in [5.74, 6) is 5.45. The smallest absolute Gasteiger partial charge is 0.156 e. The number of benzene rings is 1. The van der Waals surface area contributed by atoms with E-state index in [0.717, 1.165) is 36.2 Å². The number of hydrogen-bond acceptors (Lipinski definition) is 1. The first-order chi connectivity index (χ1) is 13.5. The lowest BCUT2D eigenvalue weighted by Crippen LogP contribution is -2.25. The van der Waals surface area contributed by atoms with Crippen LogP contribution in [0.25, 0.3) is 0 Å². The minimum absolute atomic E-state index is 0.0657. The molecule has 3 rings (SSSR count). The van der Waals surface area contributed by atoms with Gasteiger partial charge in [-0.1, -0.05) is 56.2 Å². The predicted octanol–water partition coefficient (Wildman–Crippen LogP) is 7.76. The molecule has 0 spiro atoms. The summed E-state index contributed by atoms with van der Waals surface area (Å²) >= 11 is 6.24. The molecule has 0 bridgehead atoms. The fourth-order valence-corrected chi connectivity index (χ4v) is 5.65. The van der Waals surface area contributed by atoms with Crippen molar-refractivity contribution < 1.29 is 9.13 Å². The van der Waals surface area contributed by atoms with Gasteiger partial charge in [-0.15, -0.1) is 6.42 Å². The van der Waals surface area contributed by atoms with Crippen LogP contribution in [0, 0.1) is 35.9 Å². The van der Waals surface area contributed by atoms with Gasteiger partial charge in [-0.25, -0.2) is 4.39 Å². The van der Waals surface area contributed by atoms with Gasteiger partial charge in [-0.3, -0.25) is 0 Å². The van der Waals surface area contributed by atoms with Crippen LogP contribution in [0.1, 0.15) is 89.5 Å². The molecule has 0 saturated heterocycles. The lowest BCUT2D eigenvalue weighted by molar-refractivity contribution is 0.156. The number of halogens is 2. The summed E-state index contributed by atoms with van der Waals surface area (Å²) in [6, 6.07) is 3.62. The molecule has 0 N–H and O–H groups in total. The normalized spacial score (nSPS) is 29.1. The van der Waals surface area contributed by atoms with Crippen molar-refractivity contribution in [3.05, 3.63) is 28.5 Å². The van der Waals surface area contributed by atoms with Gasteiger partial charge in [0.1, 0.15) is 16.6 Å². The molecule has 0 amide bonds. The monoisotopic (exact) mass is 404 g/mol. The van der Waals surface area contributed by atoms with E-state index in [1.54, 1.807) is 13.0 Å². The van der Waals surface area contributed by atoms with Crippen LogP contribution < -0.4 is 4.74 Å². The summed E-state index contributed by atoms with van der Waals surface area (Å²) in [6.07, 6.45) is 17.8. The van der Waals surface area contributed by atoms with E-state index < -0.39 is 6.10 Å². The average molecular weight is 405 g/mol. The molecule has 1 atom stereocenters. The summed E-state index contributed by atoms with van der Waals surface area (Å²) < 4.78 is 20.4. The number of ether oxygens (including phenoxy) is 1. The van der Waals surface area contributed by atoms with Crippen LogP contribution in [0.4, 0.5) is 4.39 Å². The van der Waals surface area contributed by atoms with Crippen molar-refractivity contribution in [2.75, 3.05) is 0 Å². The second-order valence-electron chi connectivity index (χ2n) is 8.89. The first-order valence-corrected chi connectivity index (χ1v) is 11.5. The molecule has 3 heteroatoms. The topological polar surface area (TPSA) is 9.23 Å². The molecule has 2 aliphatic rings. The fraction of sp³-hybridized carbons (Fsp3) is 0.680. The largest absolute Gasteiger partial charge is 0.476 e. The molecular formula is C25H34ClFO. The van der Waals surface area contributed by atoms with Crippen molar-refractivity contribution in [3.63, 3.8) is 0 Å². The van der Waals surface area contributed by atoms with Gasteiger partial charge in [0.25, 0.3) is 0 Å². The third-order valence-electron chi connectivity index (χ3n) is 7.08. The highest BCUT2D eigenvalue weighted by atomic mass is 35.5. The van der Waals surface area contributed by atoms with E-state index >= 15 is 0 Å². The van der Waals surface area contributed by atoms with Crippen LogP contribution in [0.5, 0.6) is 5.75 Å². The van der Waals surface area contributed by atoms with Crippen molar-refractivity contribution in [2.24, 2.45) is 17.8 Å². The maximum Gasteiger partial charge on any atom is 0.156 e. The molecule has 2 saturated carbocycles. The van der Waals surface area contributed by atoms with Gasteiger partial charge in [0.15, 0.2) is 6.10 Å². The molecule has 0 heterocycles. The van der Waals surface area contributed by atoms with Gasteiger partial charge in [-0.05, 0) is 80.8 Å². The summed E-state index contributed by atoms with van der Waals surface area (Å²) in [7, 11) is 0. The standard InChI is InChI=1S/C25H34ClFO/c1-4-6-18-7-9-19(10-8-18)20-11-13-21(14-12-20)22-15-16-23(24(26)25(22)27)28-17(3)5-2/h2,15-21H,4,6-14H2,1,3H3/t17-,18?,19?,20?,21?/m1/s1. The molecule has 0 aromatic heterocycles. The molecule has 1 aromatic carbocycles. The number of terminal acetylenes is 1. The minimum atomic E-state index is -0.425. The molecule has 0 aliphatic heterocycles. The minimum Gasteiger partial charge on any atom is -0.476 e. The van der Waals surface area contributed by atoms with Crippen LogP contribution in [0.2, 0.25) is 5.02 Å². The maximum absolute atomic E-state index is 14.9. The van der Waals surface area contributed by atoms with Crippen molar-refractivity contribution >= 4 is 11.6 Å². The fourth-order valence-electron chi connectivity index (χ4n) is 5.44. The highest BCUT2D eigenvalue weighted by Crippen LogP contribution is 2.46. The average Bonchev–Trinajstić information content (AvgIpc) is 2.72. The van der Waals surface area contributed by atoms with E-state index in [4.69, 9.17) is 22.8 Å². The predicted molar refractivity (Wildman–Crippen MR) is 115 cm³/mol. The Balaban J connectivity index is 1.56. The molecule has 28 heavy (non-hydrogen) atoms. The lowest BCUT2D eigenvalue weighted by Gasteiger charge is -2.38. The van der Waals surface area contributed by atoms with Crippen LogP contribution in [-0.4, -0.2) is 6.10 Å². The Bertz CT molecular complexity index is 679. The maximum atomic E-state index is 14.9. The third-order valence-corrected chi connectivity index (χ3v) is 7.43. The van der Waals surface area contributed by atoms with Gasteiger partial charge in [0.05, 0.1) is 0 Å². The molecule has 0 unspecified atom stereocenters. The van der Waals surface area contributed by atoms with E-state index in [1.165, 1.54) is 51.4 Å². The molecule has 154 valence electrons. The quantitative estimate of drug-likeness (QED) is 0.440. The van der Waals surface area contributed by atoms with Gasteiger partial charge in [0.2, 0.25) is 0 Å². The van der Waals surface area contributed by atoms with E-state index in [0.29, 0.717) is 5.75 Å². The Morgan fingerprint density at radius 3 is 2.29 bits per heavy atom. The zero-order valence-electron chi connectivity index (χ0n) is 17.4. The number of rotatable bonds is 6. The van der Waals surface area contributed by atoms with E-state index in [9.17, 15) is 4.39 Å². The zero-order valence-corrected chi connectivity index (χ0v) is 18.1. The van der Waals surface area contributed by atoms with Gasteiger partial charge in [0, 0.05) is 0 Å². The van der Waals surface area contributed by atoms with Crippen LogP contribution in [-0.2, 0) is 0 Å². The van der Waals surface area contributed by atoms with E-state index in [2.05, 4.69) is 12.8 Å². The van der Waals surface area contributed by atoms with E-state index in [-0.39, 0.29) is 16.8 Å². The first kappa shape index (κ1) is 21.5. The number of hydrogen-bond donors (Lipinski definition) is 0. The summed E-state index contributed by atoms with van der Waals surface area (Å²) in [4.78, 5) is 0. The van der Waals surface area contributed by atoms with Crippen LogP contribution in [0.3, 0.4) is 0 Å². The Hall–Kier alpha value is -1.20. The van der Waals surface area contributed by atoms with Crippen molar-refractivity contribution in [3.8, 4) is 18.1 Å². The van der Waals surface area contributed by atoms with Gasteiger partial charge < -0.3 is 4.74 Å². The molecule has 2 fully saturated rings. The van der Waals surface area contributed by atoms with Crippen LogP contribution in [0.15, 0.2) is 12.1 Å².